The van der Waals surface area contributed by atoms with Gasteiger partial charge in [0.05, 0.1) is 0 Å². The molecule has 3 aliphatic carbocycles. The topological polar surface area (TPSA) is 113 Å². The van der Waals surface area contributed by atoms with Gasteiger partial charge in [0.25, 0.3) is 0 Å². The molecular weight excluding hydrogens is 470 g/mol. The van der Waals surface area contributed by atoms with Crippen LogP contribution in [0.2, 0.25) is 0 Å². The number of aromatic nitrogens is 2. The SMILES string of the molecule is CN1CC[C@]23C4=C5O[C@H]2[C@](O)(C(=O)c2cccnc2)C=C[C@H]3[C@H]1CC4=CCC5(O)C(=O)c1cccnc1. The van der Waals surface area contributed by atoms with Gasteiger partial charge in [0.2, 0.25) is 11.6 Å². The molecule has 1 saturated carbocycles. The molecule has 2 aliphatic heterocycles. The Labute approximate surface area is 214 Å². The van der Waals surface area contributed by atoms with Gasteiger partial charge in [-0.15, -0.1) is 0 Å². The van der Waals surface area contributed by atoms with Crippen molar-refractivity contribution in [3.8, 4) is 0 Å². The highest BCUT2D eigenvalue weighted by Gasteiger charge is 2.72. The van der Waals surface area contributed by atoms with Crippen LogP contribution in [0.25, 0.3) is 0 Å². The lowest BCUT2D eigenvalue weighted by Crippen LogP contribution is -2.67. The molecule has 2 aromatic heterocycles. The lowest BCUT2D eigenvalue weighted by Gasteiger charge is -2.59. The zero-order chi connectivity index (χ0) is 25.6. The van der Waals surface area contributed by atoms with E-state index in [-0.39, 0.29) is 35.3 Å². The predicted octanol–water partition coefficient (Wildman–Crippen LogP) is 2.27. The average molecular weight is 498 g/mol. The van der Waals surface area contributed by atoms with Crippen molar-refractivity contribution in [3.63, 3.8) is 0 Å². The van der Waals surface area contributed by atoms with Gasteiger partial charge in [0, 0.05) is 65.3 Å². The maximum absolute atomic E-state index is 13.8. The highest BCUT2D eigenvalue weighted by Crippen LogP contribution is 2.67. The quantitative estimate of drug-likeness (QED) is 0.489. The Morgan fingerprint density at radius 2 is 1.78 bits per heavy atom. The Bertz CT molecular complexity index is 1420. The third-order valence-electron chi connectivity index (χ3n) is 9.16. The minimum absolute atomic E-state index is 0.0429. The van der Waals surface area contributed by atoms with Crippen molar-refractivity contribution >= 4 is 11.6 Å². The summed E-state index contributed by atoms with van der Waals surface area (Å²) in [5.41, 5.74) is -2.32. The normalized spacial score (nSPS) is 37.5. The Kier molecular flexibility index (Phi) is 4.63. The molecule has 1 saturated heterocycles. The van der Waals surface area contributed by atoms with Gasteiger partial charge in [0.1, 0.15) is 11.9 Å². The van der Waals surface area contributed by atoms with E-state index in [1.807, 2.05) is 12.2 Å². The first kappa shape index (κ1) is 22.7. The van der Waals surface area contributed by atoms with E-state index < -0.39 is 34.3 Å². The lowest BCUT2D eigenvalue weighted by molar-refractivity contribution is -0.126. The summed E-state index contributed by atoms with van der Waals surface area (Å²) in [5.74, 6) is -0.880. The first-order valence-electron chi connectivity index (χ1n) is 12.7. The maximum atomic E-state index is 13.8. The van der Waals surface area contributed by atoms with E-state index >= 15 is 0 Å². The fraction of sp³-hybridized carbons (Fsp3) is 0.379. The summed E-state index contributed by atoms with van der Waals surface area (Å²) in [5, 5.41) is 24.1. The minimum Gasteiger partial charge on any atom is -0.486 e. The molecular formula is C29H27N3O5. The first-order valence-corrected chi connectivity index (χ1v) is 12.7. The summed E-state index contributed by atoms with van der Waals surface area (Å²) >= 11 is 0. The molecule has 8 heteroatoms. The van der Waals surface area contributed by atoms with Crippen LogP contribution in [0.1, 0.15) is 40.0 Å². The van der Waals surface area contributed by atoms with Crippen molar-refractivity contribution in [2.24, 2.45) is 11.3 Å². The predicted molar refractivity (Wildman–Crippen MR) is 132 cm³/mol. The van der Waals surface area contributed by atoms with Crippen LogP contribution in [-0.4, -0.2) is 73.6 Å². The summed E-state index contributed by atoms with van der Waals surface area (Å²) < 4.78 is 6.56. The number of ether oxygens (including phenoxy) is 1. The van der Waals surface area contributed by atoms with Gasteiger partial charge >= 0.3 is 0 Å². The number of Topliss-reactive ketones (excluding diaryl/α,β-unsaturated/α-hetero) is 2. The Hall–Kier alpha value is -3.46. The highest BCUT2D eigenvalue weighted by atomic mass is 16.5. The second kappa shape index (κ2) is 7.54. The molecule has 2 aromatic rings. The minimum atomic E-state index is -1.99. The van der Waals surface area contributed by atoms with E-state index in [0.717, 1.165) is 24.1 Å². The van der Waals surface area contributed by atoms with Gasteiger partial charge in [-0.3, -0.25) is 19.6 Å². The number of rotatable bonds is 4. The number of piperidine rings is 1. The number of likely N-dealkylation sites (tertiary alicyclic amines) is 1. The lowest BCUT2D eigenvalue weighted by atomic mass is 9.48. The third-order valence-corrected chi connectivity index (χ3v) is 9.16. The van der Waals surface area contributed by atoms with Gasteiger partial charge in [-0.25, -0.2) is 0 Å². The van der Waals surface area contributed by atoms with E-state index in [1.165, 1.54) is 12.4 Å². The van der Waals surface area contributed by atoms with E-state index in [1.54, 1.807) is 42.7 Å². The van der Waals surface area contributed by atoms with Crippen LogP contribution in [0.5, 0.6) is 0 Å². The molecule has 0 radical (unpaired) electrons. The summed E-state index contributed by atoms with van der Waals surface area (Å²) in [6.45, 7) is 0.741. The number of aliphatic hydroxyl groups is 2. The molecule has 5 aliphatic rings. The summed E-state index contributed by atoms with van der Waals surface area (Å²) in [6, 6.07) is 6.71. The van der Waals surface area contributed by atoms with Gasteiger partial charge in [-0.05, 0) is 62.3 Å². The number of pyridine rings is 2. The summed E-state index contributed by atoms with van der Waals surface area (Å²) in [7, 11) is 2.10. The van der Waals surface area contributed by atoms with E-state index in [9.17, 15) is 19.8 Å². The van der Waals surface area contributed by atoms with Crippen molar-refractivity contribution in [3.05, 3.63) is 95.3 Å². The standard InChI is InChI=1S/C29H27N3O5/c1-32-13-10-27-20-7-9-29(36,24(34)19-5-3-12-31-16-19)26(27)37-25-22(27)17(14-21(20)32)6-8-28(25,35)23(33)18-4-2-11-30-15-18/h2-7,9,11-12,15-16,20-21,26,35-36H,8,10,13-14H2,1H3/t20-,21+,26+,27-,28?,29+/m0/s1. The van der Waals surface area contributed by atoms with Crippen molar-refractivity contribution in [1.29, 1.82) is 0 Å². The van der Waals surface area contributed by atoms with Crippen molar-refractivity contribution in [2.45, 2.75) is 42.6 Å². The molecule has 4 heterocycles. The van der Waals surface area contributed by atoms with Crippen molar-refractivity contribution in [2.75, 3.05) is 13.6 Å². The van der Waals surface area contributed by atoms with Gasteiger partial charge in [-0.1, -0.05) is 12.2 Å². The molecule has 37 heavy (non-hydrogen) atoms. The molecule has 6 atom stereocenters. The third kappa shape index (κ3) is 2.78. The van der Waals surface area contributed by atoms with Crippen LogP contribution in [0.3, 0.4) is 0 Å². The molecule has 2 N–H and O–H groups in total. The molecule has 2 bridgehead atoms. The molecule has 8 nitrogen and oxygen atoms in total. The zero-order valence-electron chi connectivity index (χ0n) is 20.4. The number of ketones is 2. The Morgan fingerprint density at radius 3 is 2.46 bits per heavy atom. The zero-order valence-corrected chi connectivity index (χ0v) is 20.4. The van der Waals surface area contributed by atoms with Crippen LogP contribution in [0, 0.1) is 11.3 Å². The van der Waals surface area contributed by atoms with Gasteiger partial charge in [0.15, 0.2) is 11.2 Å². The van der Waals surface area contributed by atoms with Crippen LogP contribution >= 0.6 is 0 Å². The molecule has 0 amide bonds. The summed E-state index contributed by atoms with van der Waals surface area (Å²) in [4.78, 5) is 38.0. The van der Waals surface area contributed by atoms with Gasteiger partial charge < -0.3 is 19.8 Å². The average Bonchev–Trinajstić information content (AvgIpc) is 3.30. The maximum Gasteiger partial charge on any atom is 0.204 e. The smallest absolute Gasteiger partial charge is 0.204 e. The van der Waals surface area contributed by atoms with Crippen LogP contribution in [-0.2, 0) is 4.74 Å². The molecule has 1 unspecified atom stereocenters. The molecule has 1 spiro atoms. The van der Waals surface area contributed by atoms with E-state index in [2.05, 4.69) is 21.9 Å². The second-order valence-electron chi connectivity index (χ2n) is 10.9. The fourth-order valence-corrected chi connectivity index (χ4v) is 7.42. The Balaban J connectivity index is 1.42. The highest BCUT2D eigenvalue weighted by molar-refractivity contribution is 6.06. The number of carbonyl (C=O) groups is 2. The first-order chi connectivity index (χ1) is 17.8. The molecule has 7 rings (SSSR count). The number of carbonyl (C=O) groups excluding carboxylic acids is 2. The monoisotopic (exact) mass is 497 g/mol. The van der Waals surface area contributed by atoms with Crippen LogP contribution < -0.4 is 0 Å². The number of nitrogens with zero attached hydrogens (tertiary/aromatic N) is 3. The van der Waals surface area contributed by atoms with Gasteiger partial charge in [-0.2, -0.15) is 0 Å². The van der Waals surface area contributed by atoms with E-state index in [4.69, 9.17) is 4.74 Å². The summed E-state index contributed by atoms with van der Waals surface area (Å²) in [6.07, 6.45) is 11.9. The van der Waals surface area contributed by atoms with Crippen LogP contribution in [0.15, 0.2) is 84.2 Å². The number of hydrogen-bond donors (Lipinski definition) is 2. The molecule has 188 valence electrons. The van der Waals surface area contributed by atoms with Crippen molar-refractivity contribution < 1.29 is 24.5 Å². The molecule has 0 aromatic carbocycles. The van der Waals surface area contributed by atoms with Crippen molar-refractivity contribution in [1.82, 2.24) is 14.9 Å². The largest absolute Gasteiger partial charge is 0.486 e. The van der Waals surface area contributed by atoms with E-state index in [0.29, 0.717) is 6.42 Å². The molecule has 2 fully saturated rings. The second-order valence-corrected chi connectivity index (χ2v) is 10.9. The fourth-order valence-electron chi connectivity index (χ4n) is 7.42. The number of hydrogen-bond acceptors (Lipinski definition) is 8. The van der Waals surface area contributed by atoms with Crippen LogP contribution in [0.4, 0.5) is 0 Å². The Morgan fingerprint density at radius 1 is 1.08 bits per heavy atom.